The van der Waals surface area contributed by atoms with Gasteiger partial charge in [-0.25, -0.2) is 4.79 Å². The molecule has 0 amide bonds. The predicted octanol–water partition coefficient (Wildman–Crippen LogP) is 4.46. The van der Waals surface area contributed by atoms with E-state index in [-0.39, 0.29) is 0 Å². The van der Waals surface area contributed by atoms with Crippen LogP contribution in [0, 0.1) is 5.41 Å². The molecule has 0 aromatic heterocycles. The molecule has 0 atom stereocenters. The van der Waals surface area contributed by atoms with Crippen molar-refractivity contribution in [1.29, 1.82) is 0 Å². The largest absolute Gasteiger partial charge is 0.478 e. The third kappa shape index (κ3) is 15.2. The van der Waals surface area contributed by atoms with Gasteiger partial charge in [0.1, 0.15) is 0 Å². The molecule has 0 unspecified atom stereocenters. The third-order valence-electron chi connectivity index (χ3n) is 1.02. The summed E-state index contributed by atoms with van der Waals surface area (Å²) in [6, 6.07) is 8.30. The van der Waals surface area contributed by atoms with Crippen molar-refractivity contribution in [2.24, 2.45) is 5.41 Å². The minimum absolute atomic E-state index is 0.331. The van der Waals surface area contributed by atoms with Crippen LogP contribution >= 0.6 is 0 Å². The molecule has 0 aliphatic heterocycles. The number of carboxylic acids is 1. The lowest BCUT2D eigenvalue weighted by molar-refractivity contribution is 0.0697. The number of carboxylic acid groups (broad SMARTS) is 1. The van der Waals surface area contributed by atoms with Crippen molar-refractivity contribution in [3.8, 4) is 0 Å². The van der Waals surface area contributed by atoms with Crippen molar-refractivity contribution < 1.29 is 9.90 Å². The number of carbonyl (C=O) groups is 1. The maximum atomic E-state index is 10.2. The second-order valence-electron chi connectivity index (χ2n) is 4.67. The molecule has 2 nitrogen and oxygen atoms in total. The van der Waals surface area contributed by atoms with Gasteiger partial charge in [0.2, 0.25) is 0 Å². The Morgan fingerprint density at radius 1 is 1.00 bits per heavy atom. The Bertz CT molecular complexity index is 265. The van der Waals surface area contributed by atoms with Gasteiger partial charge in [0.05, 0.1) is 5.56 Å². The lowest BCUT2D eigenvalue weighted by Gasteiger charge is -2.05. The van der Waals surface area contributed by atoms with E-state index in [0.717, 1.165) is 0 Å². The predicted molar refractivity (Wildman–Crippen MR) is 69.9 cm³/mol. The molecule has 0 aliphatic carbocycles. The molecule has 92 valence electrons. The normalized spacial score (nSPS) is 9.12. The second kappa shape index (κ2) is 8.96. The highest BCUT2D eigenvalue weighted by Crippen LogP contribution is 2.08. The van der Waals surface area contributed by atoms with Gasteiger partial charge >= 0.3 is 5.97 Å². The van der Waals surface area contributed by atoms with Gasteiger partial charge in [0.15, 0.2) is 0 Å². The average Bonchev–Trinajstić information content (AvgIpc) is 2.20. The molecule has 1 N–H and O–H groups in total. The smallest absolute Gasteiger partial charge is 0.335 e. The quantitative estimate of drug-likeness (QED) is 0.764. The van der Waals surface area contributed by atoms with Gasteiger partial charge in [-0.3, -0.25) is 0 Å². The molecule has 0 saturated carbocycles. The molecule has 0 saturated heterocycles. The van der Waals surface area contributed by atoms with Crippen LogP contribution in [0.1, 0.15) is 51.9 Å². The van der Waals surface area contributed by atoms with E-state index in [1.165, 1.54) is 0 Å². The fraction of sp³-hybridized carbons (Fsp3) is 0.500. The van der Waals surface area contributed by atoms with Crippen LogP contribution in [0.15, 0.2) is 30.3 Å². The highest BCUT2D eigenvalue weighted by molar-refractivity contribution is 5.87. The topological polar surface area (TPSA) is 37.3 Å². The third-order valence-corrected chi connectivity index (χ3v) is 1.02. The Balaban J connectivity index is 0. The zero-order chi connectivity index (χ0) is 13.2. The van der Waals surface area contributed by atoms with Crippen LogP contribution in [0.4, 0.5) is 0 Å². The molecule has 1 rings (SSSR count). The molecule has 1 aromatic carbocycles. The van der Waals surface area contributed by atoms with Crippen molar-refractivity contribution in [2.45, 2.75) is 41.5 Å². The summed E-state index contributed by atoms with van der Waals surface area (Å²) in [6.07, 6.45) is 0. The van der Waals surface area contributed by atoms with Gasteiger partial charge in [-0.2, -0.15) is 0 Å². The van der Waals surface area contributed by atoms with E-state index in [9.17, 15) is 4.79 Å². The summed E-state index contributed by atoms with van der Waals surface area (Å²) in [4.78, 5) is 10.2. The van der Waals surface area contributed by atoms with Crippen molar-refractivity contribution in [2.75, 3.05) is 0 Å². The van der Waals surface area contributed by atoms with Gasteiger partial charge in [0.25, 0.3) is 0 Å². The summed E-state index contributed by atoms with van der Waals surface area (Å²) in [7, 11) is 0. The summed E-state index contributed by atoms with van der Waals surface area (Å²) in [5, 5.41) is 8.38. The lowest BCUT2D eigenvalue weighted by atomic mass is 10.0. The summed E-state index contributed by atoms with van der Waals surface area (Å²) >= 11 is 0. The van der Waals surface area contributed by atoms with Crippen LogP contribution in [0.2, 0.25) is 0 Å². The van der Waals surface area contributed by atoms with Gasteiger partial charge in [-0.05, 0) is 17.5 Å². The minimum Gasteiger partial charge on any atom is -0.478 e. The van der Waals surface area contributed by atoms with Gasteiger partial charge in [-0.1, -0.05) is 59.7 Å². The zero-order valence-electron chi connectivity index (χ0n) is 11.2. The Hall–Kier alpha value is -1.31. The molecule has 2 heteroatoms. The van der Waals surface area contributed by atoms with Crippen LogP contribution in [0.25, 0.3) is 0 Å². The van der Waals surface area contributed by atoms with Crippen molar-refractivity contribution >= 4 is 5.97 Å². The van der Waals surface area contributed by atoms with Crippen LogP contribution in [-0.4, -0.2) is 11.1 Å². The summed E-state index contributed by atoms with van der Waals surface area (Å²) < 4.78 is 0. The van der Waals surface area contributed by atoms with Crippen molar-refractivity contribution in [3.63, 3.8) is 0 Å². The average molecular weight is 224 g/mol. The first-order valence-corrected chi connectivity index (χ1v) is 5.59. The maximum absolute atomic E-state index is 10.2. The first kappa shape index (κ1) is 17.1. The van der Waals surface area contributed by atoms with Gasteiger partial charge in [0, 0.05) is 0 Å². The first-order chi connectivity index (χ1) is 7.30. The zero-order valence-corrected chi connectivity index (χ0v) is 11.2. The molecular weight excluding hydrogens is 200 g/mol. The first-order valence-electron chi connectivity index (χ1n) is 5.59. The molecular formula is C14H24O2. The number of aromatic carboxylic acids is 1. The summed E-state index contributed by atoms with van der Waals surface area (Å²) in [6.45, 7) is 12.8. The number of benzene rings is 1. The van der Waals surface area contributed by atoms with Crippen LogP contribution in [-0.2, 0) is 0 Å². The van der Waals surface area contributed by atoms with Crippen LogP contribution < -0.4 is 0 Å². The fourth-order valence-corrected chi connectivity index (χ4v) is 0.581. The molecule has 0 radical (unpaired) electrons. The Labute approximate surface area is 99.3 Å². The molecule has 0 aliphatic rings. The number of rotatable bonds is 1. The van der Waals surface area contributed by atoms with E-state index < -0.39 is 5.97 Å². The molecule has 1 aromatic rings. The lowest BCUT2D eigenvalue weighted by Crippen LogP contribution is -1.93. The Kier molecular flexibility index (Phi) is 9.57. The standard InChI is InChI=1S/C7H6O2.C5H12.C2H6/c8-7(9)6-4-2-1-3-5-6;1-5(2,3)4;1-2/h1-5H,(H,8,9);1-4H3;1-2H3. The molecule has 0 bridgehead atoms. The monoisotopic (exact) mass is 224 g/mol. The van der Waals surface area contributed by atoms with E-state index >= 15 is 0 Å². The molecule has 0 fully saturated rings. The van der Waals surface area contributed by atoms with E-state index in [0.29, 0.717) is 11.0 Å². The molecule has 16 heavy (non-hydrogen) atoms. The molecule has 0 heterocycles. The van der Waals surface area contributed by atoms with E-state index in [4.69, 9.17) is 5.11 Å². The van der Waals surface area contributed by atoms with E-state index in [1.54, 1.807) is 30.3 Å². The SMILES string of the molecule is CC.CC(C)(C)C.O=C(O)c1ccccc1. The molecule has 0 spiro atoms. The van der Waals surface area contributed by atoms with Crippen LogP contribution in [0.5, 0.6) is 0 Å². The highest BCUT2D eigenvalue weighted by Gasteiger charge is 1.96. The van der Waals surface area contributed by atoms with Crippen molar-refractivity contribution in [3.05, 3.63) is 35.9 Å². The highest BCUT2D eigenvalue weighted by atomic mass is 16.4. The van der Waals surface area contributed by atoms with Crippen molar-refractivity contribution in [1.82, 2.24) is 0 Å². The van der Waals surface area contributed by atoms with Gasteiger partial charge < -0.3 is 5.11 Å². The van der Waals surface area contributed by atoms with Crippen LogP contribution in [0.3, 0.4) is 0 Å². The Morgan fingerprint density at radius 3 is 1.50 bits per heavy atom. The second-order valence-corrected chi connectivity index (χ2v) is 4.67. The van der Waals surface area contributed by atoms with E-state index in [2.05, 4.69) is 27.7 Å². The van der Waals surface area contributed by atoms with E-state index in [1.807, 2.05) is 13.8 Å². The number of hydrogen-bond donors (Lipinski definition) is 1. The Morgan fingerprint density at radius 2 is 1.31 bits per heavy atom. The summed E-state index contributed by atoms with van der Waals surface area (Å²) in [5.41, 5.74) is 0.831. The summed E-state index contributed by atoms with van der Waals surface area (Å²) in [5.74, 6) is -0.879. The fourth-order valence-electron chi connectivity index (χ4n) is 0.581. The number of hydrogen-bond acceptors (Lipinski definition) is 1. The minimum atomic E-state index is -0.879. The maximum Gasteiger partial charge on any atom is 0.335 e. The van der Waals surface area contributed by atoms with Gasteiger partial charge in [-0.15, -0.1) is 0 Å².